The quantitative estimate of drug-likeness (QED) is 0.189. The Kier molecular flexibility index (Phi) is 6.59. The summed E-state index contributed by atoms with van der Waals surface area (Å²) in [5.41, 5.74) is 3.39. The molecule has 0 atom stereocenters. The van der Waals surface area contributed by atoms with Crippen LogP contribution >= 0.6 is 24.0 Å². The monoisotopic (exact) mass is 448 g/mol. The number of benzene rings is 2. The third-order valence-electron chi connectivity index (χ3n) is 5.12. The van der Waals surface area contributed by atoms with Crippen LogP contribution in [-0.4, -0.2) is 32.8 Å². The zero-order chi connectivity index (χ0) is 21.8. The molecule has 1 amide bonds. The van der Waals surface area contributed by atoms with Crippen molar-refractivity contribution in [1.29, 1.82) is 0 Å². The molecule has 0 radical (unpaired) electrons. The highest BCUT2D eigenvalue weighted by Gasteiger charge is 2.31. The van der Waals surface area contributed by atoms with Crippen molar-refractivity contribution in [2.75, 3.05) is 13.2 Å². The second kappa shape index (κ2) is 9.54. The molecular formula is C25H24N2O2S2. The average Bonchev–Trinajstić information content (AvgIpc) is 3.25. The Hall–Kier alpha value is -2.83. The fraction of sp³-hybridized carbons (Fsp3) is 0.200. The number of hydrogen-bond acceptors (Lipinski definition) is 4. The number of carbonyl (C=O) groups is 1. The van der Waals surface area contributed by atoms with E-state index < -0.39 is 0 Å². The summed E-state index contributed by atoms with van der Waals surface area (Å²) in [5, 5.41) is 1.12. The van der Waals surface area contributed by atoms with Crippen molar-refractivity contribution >= 4 is 51.2 Å². The number of aryl methyl sites for hydroxylation is 2. The Morgan fingerprint density at radius 1 is 1.16 bits per heavy atom. The van der Waals surface area contributed by atoms with Gasteiger partial charge in [-0.15, -0.1) is 6.58 Å². The number of para-hydroxylation sites is 1. The van der Waals surface area contributed by atoms with E-state index >= 15 is 0 Å². The van der Waals surface area contributed by atoms with Crippen LogP contribution in [-0.2, 0) is 11.3 Å². The molecule has 0 bridgehead atoms. The van der Waals surface area contributed by atoms with Gasteiger partial charge in [-0.05, 0) is 37.6 Å². The van der Waals surface area contributed by atoms with Crippen LogP contribution in [0.4, 0.5) is 0 Å². The van der Waals surface area contributed by atoms with E-state index in [1.165, 1.54) is 17.3 Å². The number of nitrogens with zero attached hydrogens (tertiary/aromatic N) is 2. The first-order chi connectivity index (χ1) is 15.1. The number of carbonyl (C=O) groups excluding carboxylic acids is 1. The standard InChI is InChI=1S/C25H24N2O2S2/c1-3-13-27-24(28)23(31-25(27)30)16-19-17-26(22-8-5-4-7-21(19)22)14-6-15-29-20-11-9-18(2)10-12-20/h3-5,7-12,16-17H,1,6,13-15H2,2H3. The number of ether oxygens (including phenoxy) is 1. The van der Waals surface area contributed by atoms with Crippen LogP contribution in [0, 0.1) is 6.92 Å². The normalized spacial score (nSPS) is 15.3. The number of hydrogen-bond donors (Lipinski definition) is 0. The molecule has 31 heavy (non-hydrogen) atoms. The van der Waals surface area contributed by atoms with Crippen molar-refractivity contribution in [3.8, 4) is 5.75 Å². The van der Waals surface area contributed by atoms with Gasteiger partial charge in [-0.25, -0.2) is 0 Å². The van der Waals surface area contributed by atoms with Crippen molar-refractivity contribution < 1.29 is 9.53 Å². The van der Waals surface area contributed by atoms with Crippen LogP contribution in [0.3, 0.4) is 0 Å². The summed E-state index contributed by atoms with van der Waals surface area (Å²) in [6.07, 6.45) is 6.63. The number of aromatic nitrogens is 1. The zero-order valence-electron chi connectivity index (χ0n) is 17.4. The first kappa shape index (κ1) is 21.4. The average molecular weight is 449 g/mol. The lowest BCUT2D eigenvalue weighted by Crippen LogP contribution is -2.27. The van der Waals surface area contributed by atoms with E-state index in [1.807, 2.05) is 30.3 Å². The van der Waals surface area contributed by atoms with E-state index in [0.717, 1.165) is 35.2 Å². The van der Waals surface area contributed by atoms with Gasteiger partial charge in [-0.2, -0.15) is 0 Å². The van der Waals surface area contributed by atoms with E-state index in [0.29, 0.717) is 22.4 Å². The van der Waals surface area contributed by atoms with Crippen LogP contribution in [0.2, 0.25) is 0 Å². The van der Waals surface area contributed by atoms with Crippen molar-refractivity contribution in [3.63, 3.8) is 0 Å². The summed E-state index contributed by atoms with van der Waals surface area (Å²) < 4.78 is 8.67. The fourth-order valence-electron chi connectivity index (χ4n) is 3.56. The predicted molar refractivity (Wildman–Crippen MR) is 133 cm³/mol. The Balaban J connectivity index is 1.50. The van der Waals surface area contributed by atoms with Crippen LogP contribution in [0.1, 0.15) is 17.5 Å². The molecule has 2 heterocycles. The lowest BCUT2D eigenvalue weighted by molar-refractivity contribution is -0.121. The molecule has 1 fully saturated rings. The molecule has 158 valence electrons. The first-order valence-electron chi connectivity index (χ1n) is 10.2. The molecule has 4 nitrogen and oxygen atoms in total. The molecule has 1 saturated heterocycles. The summed E-state index contributed by atoms with van der Waals surface area (Å²) >= 11 is 6.70. The number of thiocarbonyl (C=S) groups is 1. The summed E-state index contributed by atoms with van der Waals surface area (Å²) in [5.74, 6) is 0.837. The largest absolute Gasteiger partial charge is 0.494 e. The predicted octanol–water partition coefficient (Wildman–Crippen LogP) is 5.81. The molecule has 3 aromatic rings. The second-order valence-corrected chi connectivity index (χ2v) is 9.07. The van der Waals surface area contributed by atoms with Gasteiger partial charge in [0, 0.05) is 35.8 Å². The number of thioether (sulfide) groups is 1. The van der Waals surface area contributed by atoms with Gasteiger partial charge in [-0.1, -0.05) is 66.0 Å². The van der Waals surface area contributed by atoms with Crippen LogP contribution in [0.5, 0.6) is 5.75 Å². The SMILES string of the molecule is C=CCN1C(=O)C(=Cc2cn(CCCOc3ccc(C)cc3)c3ccccc23)SC1=S. The van der Waals surface area contributed by atoms with Gasteiger partial charge in [0.2, 0.25) is 0 Å². The maximum atomic E-state index is 12.7. The lowest BCUT2D eigenvalue weighted by atomic mass is 10.1. The highest BCUT2D eigenvalue weighted by molar-refractivity contribution is 8.26. The summed E-state index contributed by atoms with van der Waals surface area (Å²) in [7, 11) is 0. The van der Waals surface area contributed by atoms with Crippen LogP contribution in [0.15, 0.2) is 72.3 Å². The zero-order valence-corrected chi connectivity index (χ0v) is 19.0. The lowest BCUT2D eigenvalue weighted by Gasteiger charge is -2.10. The molecule has 2 aromatic carbocycles. The van der Waals surface area contributed by atoms with Gasteiger partial charge in [0.25, 0.3) is 5.91 Å². The van der Waals surface area contributed by atoms with Gasteiger partial charge in [-0.3, -0.25) is 9.69 Å². The minimum atomic E-state index is -0.0572. The minimum absolute atomic E-state index is 0.0572. The van der Waals surface area contributed by atoms with Crippen molar-refractivity contribution in [2.45, 2.75) is 19.9 Å². The van der Waals surface area contributed by atoms with E-state index in [2.05, 4.69) is 48.5 Å². The summed E-state index contributed by atoms with van der Waals surface area (Å²) in [6, 6.07) is 16.4. The molecule has 0 saturated carbocycles. The molecule has 1 aromatic heterocycles. The number of amides is 1. The van der Waals surface area contributed by atoms with Gasteiger partial charge >= 0.3 is 0 Å². The molecule has 1 aliphatic heterocycles. The Morgan fingerprint density at radius 3 is 2.71 bits per heavy atom. The summed E-state index contributed by atoms with van der Waals surface area (Å²) in [6.45, 7) is 7.68. The highest BCUT2D eigenvalue weighted by Crippen LogP contribution is 2.34. The molecule has 4 rings (SSSR count). The fourth-order valence-corrected chi connectivity index (χ4v) is 4.83. The molecule has 0 N–H and O–H groups in total. The van der Waals surface area contributed by atoms with Gasteiger partial charge < -0.3 is 9.30 Å². The molecule has 0 unspecified atom stereocenters. The van der Waals surface area contributed by atoms with E-state index in [4.69, 9.17) is 17.0 Å². The smallest absolute Gasteiger partial charge is 0.266 e. The maximum absolute atomic E-state index is 12.7. The molecule has 0 aliphatic carbocycles. The summed E-state index contributed by atoms with van der Waals surface area (Å²) in [4.78, 5) is 14.9. The van der Waals surface area contributed by atoms with Gasteiger partial charge in [0.05, 0.1) is 11.5 Å². The topological polar surface area (TPSA) is 34.5 Å². The minimum Gasteiger partial charge on any atom is -0.494 e. The number of fused-ring (bicyclic) bond motifs is 1. The first-order valence-corrected chi connectivity index (χ1v) is 11.4. The second-order valence-electron chi connectivity index (χ2n) is 7.39. The van der Waals surface area contributed by atoms with Crippen molar-refractivity contribution in [3.05, 3.63) is 83.4 Å². The van der Waals surface area contributed by atoms with Crippen molar-refractivity contribution in [2.24, 2.45) is 0 Å². The molecular weight excluding hydrogens is 424 g/mol. The van der Waals surface area contributed by atoms with E-state index in [1.54, 1.807) is 11.0 Å². The van der Waals surface area contributed by atoms with Gasteiger partial charge in [0.1, 0.15) is 10.1 Å². The molecule has 6 heteroatoms. The van der Waals surface area contributed by atoms with Gasteiger partial charge in [0.15, 0.2) is 0 Å². The van der Waals surface area contributed by atoms with Crippen LogP contribution in [0.25, 0.3) is 17.0 Å². The van der Waals surface area contributed by atoms with Crippen LogP contribution < -0.4 is 4.74 Å². The Morgan fingerprint density at radius 2 is 1.94 bits per heavy atom. The van der Waals surface area contributed by atoms with E-state index in [9.17, 15) is 4.79 Å². The molecule has 1 aliphatic rings. The highest BCUT2D eigenvalue weighted by atomic mass is 32.2. The third kappa shape index (κ3) is 4.75. The van der Waals surface area contributed by atoms with Crippen molar-refractivity contribution in [1.82, 2.24) is 9.47 Å². The third-order valence-corrected chi connectivity index (χ3v) is 6.50. The Labute approximate surface area is 192 Å². The Bertz CT molecular complexity index is 1160. The van der Waals surface area contributed by atoms with E-state index in [-0.39, 0.29) is 5.91 Å². The number of rotatable bonds is 8. The maximum Gasteiger partial charge on any atom is 0.266 e. The molecule has 0 spiro atoms.